The number of urea groups is 1. The molecule has 2 aromatic rings. The van der Waals surface area contributed by atoms with Crippen LogP contribution in [-0.2, 0) is 9.59 Å². The Balaban J connectivity index is 1.38. The van der Waals surface area contributed by atoms with Crippen LogP contribution in [0.4, 0.5) is 16.2 Å². The molecule has 37 heavy (non-hydrogen) atoms. The van der Waals surface area contributed by atoms with Gasteiger partial charge < -0.3 is 20.3 Å². The second-order valence-corrected chi connectivity index (χ2v) is 10.7. The number of hydrogen-bond donors (Lipinski definition) is 2. The average molecular weight is 523 g/mol. The lowest BCUT2D eigenvalue weighted by atomic mass is 9.99. The van der Waals surface area contributed by atoms with Crippen molar-refractivity contribution in [3.63, 3.8) is 0 Å². The molecule has 1 fully saturated rings. The first kappa shape index (κ1) is 25.1. The Morgan fingerprint density at radius 2 is 2.11 bits per heavy atom. The minimum Gasteiger partial charge on any atom is -0.475 e. The third kappa shape index (κ3) is 4.75. The van der Waals surface area contributed by atoms with Crippen LogP contribution in [0.1, 0.15) is 44.0 Å². The molecule has 0 aromatic carbocycles. The minimum absolute atomic E-state index is 0.0143. The molecule has 0 radical (unpaired) electrons. The van der Waals surface area contributed by atoms with Crippen LogP contribution in [0, 0.1) is 6.92 Å². The molecule has 5 rings (SSSR count). The second-order valence-electron chi connectivity index (χ2n) is 9.61. The van der Waals surface area contributed by atoms with Crippen molar-refractivity contribution in [3.8, 4) is 5.88 Å². The van der Waals surface area contributed by atoms with Crippen molar-refractivity contribution in [2.75, 3.05) is 18.0 Å². The van der Waals surface area contributed by atoms with Crippen LogP contribution in [0.5, 0.6) is 5.88 Å². The molecule has 3 aliphatic heterocycles. The van der Waals surface area contributed by atoms with Crippen LogP contribution in [0.25, 0.3) is 0 Å². The molecular weight excluding hydrogens is 492 g/mol. The second kappa shape index (κ2) is 10.0. The highest BCUT2D eigenvalue weighted by atomic mass is 32.2. The van der Waals surface area contributed by atoms with E-state index in [1.165, 1.54) is 17.8 Å². The maximum absolute atomic E-state index is 13.4. The molecule has 4 amide bonds. The summed E-state index contributed by atoms with van der Waals surface area (Å²) in [4.78, 5) is 51.2. The van der Waals surface area contributed by atoms with Gasteiger partial charge in [-0.25, -0.2) is 14.8 Å². The van der Waals surface area contributed by atoms with Gasteiger partial charge in [0.15, 0.2) is 0 Å². The fourth-order valence-electron chi connectivity index (χ4n) is 5.05. The summed E-state index contributed by atoms with van der Waals surface area (Å²) in [5, 5.41) is 6.27. The van der Waals surface area contributed by atoms with Crippen molar-refractivity contribution in [1.82, 2.24) is 25.5 Å². The van der Waals surface area contributed by atoms with Crippen LogP contribution in [0.3, 0.4) is 0 Å². The smallest absolute Gasteiger partial charge is 0.327 e. The Morgan fingerprint density at radius 3 is 2.84 bits per heavy atom. The number of aryl methyl sites for hydroxylation is 1. The zero-order valence-corrected chi connectivity index (χ0v) is 21.9. The van der Waals surface area contributed by atoms with Gasteiger partial charge in [0.05, 0.1) is 29.2 Å². The number of carbonyl (C=O) groups is 3. The van der Waals surface area contributed by atoms with Crippen LogP contribution in [0.15, 0.2) is 42.1 Å². The topological polar surface area (TPSA) is 117 Å². The quantitative estimate of drug-likeness (QED) is 0.560. The molecule has 5 heterocycles. The normalized spacial score (nSPS) is 22.4. The SMILES string of the molecule is C=CC(=O)N1CCCC(NC(=O)[C@@H]2Sc3nccc4c3C2NC(=O)N4c2ccc(OC(C)C)nc2C)C1. The molecule has 2 N–H and O–H groups in total. The highest BCUT2D eigenvalue weighted by molar-refractivity contribution is 8.01. The number of anilines is 2. The van der Waals surface area contributed by atoms with E-state index >= 15 is 0 Å². The molecule has 2 unspecified atom stereocenters. The summed E-state index contributed by atoms with van der Waals surface area (Å²) in [6.07, 6.45) is 4.53. The lowest BCUT2D eigenvalue weighted by molar-refractivity contribution is -0.129. The first-order chi connectivity index (χ1) is 17.8. The summed E-state index contributed by atoms with van der Waals surface area (Å²) in [5.41, 5.74) is 2.78. The standard InChI is InChI=1S/C26H30N6O4S/c1-5-20(33)31-12-6-7-16(13-31)29-24(34)23-22-21-18(10-11-27-25(21)37-23)32(26(35)30-22)17-8-9-19(28-15(17)4)36-14(2)3/h5,8-11,14,16,22-23H,1,6-7,12-13H2,2-4H3,(H,29,34)(H,30,35)/t16?,22?,23-/m1/s1. The predicted octanol–water partition coefficient (Wildman–Crippen LogP) is 3.24. The van der Waals surface area contributed by atoms with Crippen molar-refractivity contribution >= 4 is 41.0 Å². The maximum atomic E-state index is 13.4. The maximum Gasteiger partial charge on any atom is 0.327 e. The van der Waals surface area contributed by atoms with Gasteiger partial charge in [-0.1, -0.05) is 18.3 Å². The number of thioether (sulfide) groups is 1. The summed E-state index contributed by atoms with van der Waals surface area (Å²) in [6, 6.07) is 4.36. The number of aromatic nitrogens is 2. The van der Waals surface area contributed by atoms with Crippen molar-refractivity contribution in [2.45, 2.75) is 62.1 Å². The fourth-order valence-corrected chi connectivity index (χ4v) is 6.28. The largest absolute Gasteiger partial charge is 0.475 e. The van der Waals surface area contributed by atoms with E-state index in [1.54, 1.807) is 28.1 Å². The molecule has 0 bridgehead atoms. The van der Waals surface area contributed by atoms with Gasteiger partial charge in [-0.15, -0.1) is 0 Å². The molecule has 0 aliphatic carbocycles. The van der Waals surface area contributed by atoms with E-state index in [0.29, 0.717) is 41.1 Å². The number of rotatable bonds is 6. The van der Waals surface area contributed by atoms with E-state index in [0.717, 1.165) is 18.4 Å². The third-order valence-electron chi connectivity index (χ3n) is 6.65. The summed E-state index contributed by atoms with van der Waals surface area (Å²) < 4.78 is 5.69. The van der Waals surface area contributed by atoms with Gasteiger partial charge in [-0.05, 0) is 51.8 Å². The third-order valence-corrected chi connectivity index (χ3v) is 7.94. The van der Waals surface area contributed by atoms with Crippen LogP contribution >= 0.6 is 11.8 Å². The zero-order valence-electron chi connectivity index (χ0n) is 21.1. The lowest BCUT2D eigenvalue weighted by Crippen LogP contribution is -2.53. The summed E-state index contributed by atoms with van der Waals surface area (Å²) in [6.45, 7) is 10.3. The van der Waals surface area contributed by atoms with E-state index in [1.807, 2.05) is 26.8 Å². The summed E-state index contributed by atoms with van der Waals surface area (Å²) >= 11 is 1.35. The Bertz CT molecular complexity index is 1270. The average Bonchev–Trinajstić information content (AvgIpc) is 3.24. The number of amides is 4. The molecule has 0 saturated carbocycles. The van der Waals surface area contributed by atoms with Crippen molar-refractivity contribution in [3.05, 3.63) is 48.3 Å². The summed E-state index contributed by atoms with van der Waals surface area (Å²) in [7, 11) is 0. The molecule has 0 spiro atoms. The van der Waals surface area contributed by atoms with Crippen LogP contribution in [0.2, 0.25) is 0 Å². The number of likely N-dealkylation sites (tertiary alicyclic amines) is 1. The molecule has 11 heteroatoms. The number of nitrogens with one attached hydrogen (secondary N) is 2. The van der Waals surface area contributed by atoms with Crippen LogP contribution in [-0.4, -0.2) is 63.2 Å². The van der Waals surface area contributed by atoms with E-state index in [-0.39, 0.29) is 30.0 Å². The molecule has 10 nitrogen and oxygen atoms in total. The summed E-state index contributed by atoms with van der Waals surface area (Å²) in [5.74, 6) is 0.178. The Hall–Kier alpha value is -3.60. The molecule has 194 valence electrons. The highest BCUT2D eigenvalue weighted by Gasteiger charge is 2.47. The van der Waals surface area contributed by atoms with Gasteiger partial charge >= 0.3 is 6.03 Å². The molecule has 2 aromatic heterocycles. The van der Waals surface area contributed by atoms with Gasteiger partial charge in [0.2, 0.25) is 17.7 Å². The Morgan fingerprint density at radius 1 is 1.30 bits per heavy atom. The highest BCUT2D eigenvalue weighted by Crippen LogP contribution is 2.50. The van der Waals surface area contributed by atoms with E-state index in [2.05, 4.69) is 27.2 Å². The van der Waals surface area contributed by atoms with Gasteiger partial charge in [0.25, 0.3) is 0 Å². The number of nitrogens with zero attached hydrogens (tertiary/aromatic N) is 4. The number of hydrogen-bond acceptors (Lipinski definition) is 7. The van der Waals surface area contributed by atoms with Crippen LogP contribution < -0.4 is 20.3 Å². The first-order valence-electron chi connectivity index (χ1n) is 12.4. The number of pyridine rings is 2. The van der Waals surface area contributed by atoms with Gasteiger partial charge in [0.1, 0.15) is 10.3 Å². The van der Waals surface area contributed by atoms with Crippen molar-refractivity contribution in [1.29, 1.82) is 0 Å². The minimum atomic E-state index is -0.568. The number of carbonyl (C=O) groups excluding carboxylic acids is 3. The van der Waals surface area contributed by atoms with Gasteiger partial charge in [-0.2, -0.15) is 0 Å². The zero-order chi connectivity index (χ0) is 26.3. The monoisotopic (exact) mass is 522 g/mol. The van der Waals surface area contributed by atoms with E-state index in [4.69, 9.17) is 4.74 Å². The van der Waals surface area contributed by atoms with Gasteiger partial charge in [-0.3, -0.25) is 14.5 Å². The first-order valence-corrected chi connectivity index (χ1v) is 13.3. The molecule has 1 saturated heterocycles. The Kier molecular flexibility index (Phi) is 6.80. The molecule has 3 aliphatic rings. The van der Waals surface area contributed by atoms with Gasteiger partial charge in [0, 0.05) is 37.0 Å². The number of ether oxygens (including phenoxy) is 1. The van der Waals surface area contributed by atoms with Crippen molar-refractivity contribution < 1.29 is 19.1 Å². The molecule has 3 atom stereocenters. The van der Waals surface area contributed by atoms with Crippen molar-refractivity contribution in [2.24, 2.45) is 0 Å². The fraction of sp³-hybridized carbons (Fsp3) is 0.423. The number of piperidine rings is 1. The van der Waals surface area contributed by atoms with E-state index < -0.39 is 11.3 Å². The predicted molar refractivity (Wildman–Crippen MR) is 140 cm³/mol. The lowest BCUT2D eigenvalue weighted by Gasteiger charge is -2.36. The Labute approximate surface area is 219 Å². The molecular formula is C26H30N6O4S. The van der Waals surface area contributed by atoms with E-state index in [9.17, 15) is 14.4 Å².